The van der Waals surface area contributed by atoms with Crippen LogP contribution in [0.3, 0.4) is 0 Å². The van der Waals surface area contributed by atoms with E-state index in [1.807, 2.05) is 20.8 Å². The van der Waals surface area contributed by atoms with Gasteiger partial charge in [-0.15, -0.1) is 0 Å². The van der Waals surface area contributed by atoms with Crippen molar-refractivity contribution >= 4 is 26.6 Å². The summed E-state index contributed by atoms with van der Waals surface area (Å²) in [5, 5.41) is 4.84. The summed E-state index contributed by atoms with van der Waals surface area (Å²) in [5.41, 5.74) is 1.68. The Morgan fingerprint density at radius 1 is 1.25 bits per heavy atom. The fourth-order valence-corrected chi connectivity index (χ4v) is 3.43. The number of rotatable bonds is 4. The third-order valence-electron chi connectivity index (χ3n) is 3.72. The lowest BCUT2D eigenvalue weighted by Gasteiger charge is -2.09. The molecule has 0 unspecified atom stereocenters. The Hall–Kier alpha value is -2.61. The number of anilines is 1. The maximum absolute atomic E-state index is 12.5. The van der Waals surface area contributed by atoms with Crippen LogP contribution in [0, 0.1) is 6.92 Å². The molecule has 0 radical (unpaired) electrons. The molecule has 8 heteroatoms. The molecule has 2 aromatic heterocycles. The summed E-state index contributed by atoms with van der Waals surface area (Å²) in [7, 11) is -3.72. The smallest absolute Gasteiger partial charge is 0.265 e. The summed E-state index contributed by atoms with van der Waals surface area (Å²) >= 11 is 0. The molecule has 0 saturated heterocycles. The molecule has 0 amide bonds. The van der Waals surface area contributed by atoms with Gasteiger partial charge in [-0.25, -0.2) is 8.42 Å². The number of aromatic amines is 1. The molecule has 2 N–H and O–H groups in total. The van der Waals surface area contributed by atoms with Crippen LogP contribution in [0.1, 0.15) is 25.5 Å². The Kier molecular flexibility index (Phi) is 3.92. The number of hydrogen-bond donors (Lipinski definition) is 2. The van der Waals surface area contributed by atoms with E-state index >= 15 is 0 Å². The van der Waals surface area contributed by atoms with E-state index in [9.17, 15) is 13.2 Å². The van der Waals surface area contributed by atoms with E-state index in [0.29, 0.717) is 11.2 Å². The summed E-state index contributed by atoms with van der Waals surface area (Å²) in [4.78, 5) is 14.3. The Morgan fingerprint density at radius 2 is 2.00 bits per heavy atom. The van der Waals surface area contributed by atoms with Gasteiger partial charge in [0.1, 0.15) is 4.90 Å². The average Bonchev–Trinajstić information content (AvgIpc) is 2.98. The van der Waals surface area contributed by atoms with Gasteiger partial charge in [0.25, 0.3) is 10.0 Å². The number of H-pyrrole nitrogens is 1. The summed E-state index contributed by atoms with van der Waals surface area (Å²) in [6, 6.07) is 6.55. The van der Waals surface area contributed by atoms with Crippen molar-refractivity contribution in [1.29, 1.82) is 0 Å². The van der Waals surface area contributed by atoms with Crippen LogP contribution in [0.25, 0.3) is 10.9 Å². The number of benzene rings is 1. The first-order valence-electron chi connectivity index (χ1n) is 7.47. The van der Waals surface area contributed by atoms with E-state index in [4.69, 9.17) is 0 Å². The van der Waals surface area contributed by atoms with Gasteiger partial charge in [0.05, 0.1) is 6.20 Å². The SMILES string of the molecule is Cc1cc(=O)[nH]c2ccc(NS(=O)(=O)c3cnn(C(C)C)c3)cc12. The van der Waals surface area contributed by atoms with Gasteiger partial charge in [0.2, 0.25) is 5.56 Å². The zero-order valence-electron chi connectivity index (χ0n) is 13.6. The van der Waals surface area contributed by atoms with Gasteiger partial charge >= 0.3 is 0 Å². The fourth-order valence-electron chi connectivity index (χ4n) is 2.44. The maximum Gasteiger partial charge on any atom is 0.265 e. The lowest BCUT2D eigenvalue weighted by Crippen LogP contribution is -2.13. The van der Waals surface area contributed by atoms with Gasteiger partial charge in [-0.1, -0.05) is 0 Å². The van der Waals surface area contributed by atoms with Crippen molar-refractivity contribution in [2.45, 2.75) is 31.7 Å². The molecule has 2 heterocycles. The molecule has 7 nitrogen and oxygen atoms in total. The number of sulfonamides is 1. The molecule has 0 saturated carbocycles. The molecule has 0 fully saturated rings. The quantitative estimate of drug-likeness (QED) is 0.758. The first-order chi connectivity index (χ1) is 11.3. The molecule has 126 valence electrons. The van der Waals surface area contributed by atoms with Crippen molar-refractivity contribution in [3.8, 4) is 0 Å². The average molecular weight is 346 g/mol. The van der Waals surface area contributed by atoms with Crippen molar-refractivity contribution in [3.63, 3.8) is 0 Å². The number of nitrogens with one attached hydrogen (secondary N) is 2. The molecule has 0 atom stereocenters. The van der Waals surface area contributed by atoms with Gasteiger partial charge in [0, 0.05) is 34.9 Å². The van der Waals surface area contributed by atoms with Gasteiger partial charge < -0.3 is 4.98 Å². The molecule has 0 bridgehead atoms. The molecule has 3 aromatic rings. The van der Waals surface area contributed by atoms with Crippen LogP contribution in [0.4, 0.5) is 5.69 Å². The molecule has 0 aliphatic heterocycles. The molecule has 0 aliphatic rings. The van der Waals surface area contributed by atoms with Crippen LogP contribution in [0.5, 0.6) is 0 Å². The van der Waals surface area contributed by atoms with Crippen LogP contribution in [-0.2, 0) is 10.0 Å². The number of hydrogen-bond acceptors (Lipinski definition) is 4. The Labute approximate surface area is 139 Å². The fraction of sp³-hybridized carbons (Fsp3) is 0.250. The topological polar surface area (TPSA) is 96.8 Å². The molecular weight excluding hydrogens is 328 g/mol. The second-order valence-electron chi connectivity index (χ2n) is 5.93. The third-order valence-corrected chi connectivity index (χ3v) is 5.06. The highest BCUT2D eigenvalue weighted by Crippen LogP contribution is 2.22. The zero-order valence-corrected chi connectivity index (χ0v) is 14.4. The monoisotopic (exact) mass is 346 g/mol. The minimum absolute atomic E-state index is 0.0779. The number of nitrogens with zero attached hydrogens (tertiary/aromatic N) is 2. The molecule has 0 aliphatic carbocycles. The predicted octanol–water partition coefficient (Wildman–Crippen LogP) is 2.41. The zero-order chi connectivity index (χ0) is 17.5. The summed E-state index contributed by atoms with van der Waals surface area (Å²) in [5.74, 6) is 0. The predicted molar refractivity (Wildman–Crippen MR) is 92.7 cm³/mol. The Balaban J connectivity index is 1.97. The van der Waals surface area contributed by atoms with Gasteiger partial charge in [-0.05, 0) is 44.5 Å². The van der Waals surface area contributed by atoms with E-state index in [-0.39, 0.29) is 16.5 Å². The lowest BCUT2D eigenvalue weighted by atomic mass is 10.1. The number of aryl methyl sites for hydroxylation is 1. The van der Waals surface area contributed by atoms with Crippen molar-refractivity contribution in [1.82, 2.24) is 14.8 Å². The van der Waals surface area contributed by atoms with Crippen molar-refractivity contribution in [2.75, 3.05) is 4.72 Å². The van der Waals surface area contributed by atoms with Crippen molar-refractivity contribution in [3.05, 3.63) is 52.6 Å². The first-order valence-corrected chi connectivity index (χ1v) is 8.95. The highest BCUT2D eigenvalue weighted by atomic mass is 32.2. The van der Waals surface area contributed by atoms with Crippen LogP contribution >= 0.6 is 0 Å². The van der Waals surface area contributed by atoms with Crippen molar-refractivity contribution in [2.24, 2.45) is 0 Å². The van der Waals surface area contributed by atoms with E-state index < -0.39 is 10.0 Å². The van der Waals surface area contributed by atoms with Gasteiger partial charge in [-0.2, -0.15) is 5.10 Å². The van der Waals surface area contributed by atoms with E-state index in [2.05, 4.69) is 14.8 Å². The first kappa shape index (κ1) is 16.3. The molecule has 1 aromatic carbocycles. The molecular formula is C16H18N4O3S. The highest BCUT2D eigenvalue weighted by Gasteiger charge is 2.17. The van der Waals surface area contributed by atoms with Gasteiger partial charge in [0.15, 0.2) is 0 Å². The number of aromatic nitrogens is 3. The number of pyridine rings is 1. The Bertz CT molecular complexity index is 1060. The largest absolute Gasteiger partial charge is 0.322 e. The van der Waals surface area contributed by atoms with E-state index in [0.717, 1.165) is 10.9 Å². The normalized spacial score (nSPS) is 12.0. The van der Waals surface area contributed by atoms with E-state index in [1.54, 1.807) is 22.9 Å². The highest BCUT2D eigenvalue weighted by molar-refractivity contribution is 7.92. The second kappa shape index (κ2) is 5.79. The van der Waals surface area contributed by atoms with Crippen LogP contribution < -0.4 is 10.3 Å². The van der Waals surface area contributed by atoms with Crippen LogP contribution in [-0.4, -0.2) is 23.2 Å². The van der Waals surface area contributed by atoms with Crippen LogP contribution in [0.2, 0.25) is 0 Å². The third kappa shape index (κ3) is 3.05. The molecule has 24 heavy (non-hydrogen) atoms. The minimum Gasteiger partial charge on any atom is -0.322 e. The molecule has 3 rings (SSSR count). The van der Waals surface area contributed by atoms with Crippen molar-refractivity contribution < 1.29 is 8.42 Å². The molecule has 0 spiro atoms. The van der Waals surface area contributed by atoms with E-state index in [1.165, 1.54) is 18.5 Å². The Morgan fingerprint density at radius 3 is 2.67 bits per heavy atom. The summed E-state index contributed by atoms with van der Waals surface area (Å²) in [6.07, 6.45) is 2.82. The summed E-state index contributed by atoms with van der Waals surface area (Å²) in [6.45, 7) is 5.65. The maximum atomic E-state index is 12.5. The summed E-state index contributed by atoms with van der Waals surface area (Å²) < 4.78 is 29.1. The van der Waals surface area contributed by atoms with Gasteiger partial charge in [-0.3, -0.25) is 14.2 Å². The minimum atomic E-state index is -3.72. The standard InChI is InChI=1S/C16H18N4O3S/c1-10(2)20-9-13(8-17-20)24(22,23)19-12-4-5-15-14(7-12)11(3)6-16(21)18-15/h4-10,19H,1-3H3,(H,18,21). The number of fused-ring (bicyclic) bond motifs is 1. The second-order valence-corrected chi connectivity index (χ2v) is 7.61. The lowest BCUT2D eigenvalue weighted by molar-refractivity contribution is 0.531. The van der Waals surface area contributed by atoms with Crippen LogP contribution in [0.15, 0.2) is 46.3 Å².